The van der Waals surface area contributed by atoms with Gasteiger partial charge in [0.05, 0.1) is 28.6 Å². The van der Waals surface area contributed by atoms with Gasteiger partial charge in [0.25, 0.3) is 0 Å². The fourth-order valence-electron chi connectivity index (χ4n) is 1.88. The van der Waals surface area contributed by atoms with E-state index in [4.69, 9.17) is 5.11 Å². The zero-order valence-electron chi connectivity index (χ0n) is 9.13. The average molecular weight is 275 g/mol. The minimum Gasteiger partial charge on any atom is -0.481 e. The lowest BCUT2D eigenvalue weighted by Crippen LogP contribution is -2.22. The van der Waals surface area contributed by atoms with Gasteiger partial charge in [0, 0.05) is 11.3 Å². The summed E-state index contributed by atoms with van der Waals surface area (Å²) in [5.74, 6) is -0.295. The molecule has 94 valence electrons. The van der Waals surface area contributed by atoms with Gasteiger partial charge in [-0.05, 0) is 12.8 Å². The third-order valence-electron chi connectivity index (χ3n) is 2.81. The molecule has 2 heterocycles. The van der Waals surface area contributed by atoms with Gasteiger partial charge < -0.3 is 5.11 Å². The molecule has 0 aromatic carbocycles. The Kier molecular flexibility index (Phi) is 3.48. The first-order valence-electron chi connectivity index (χ1n) is 5.33. The Morgan fingerprint density at radius 3 is 2.71 bits per heavy atom. The van der Waals surface area contributed by atoms with E-state index in [2.05, 4.69) is 4.98 Å². The predicted molar refractivity (Wildman–Crippen MR) is 64.1 cm³/mol. The van der Waals surface area contributed by atoms with E-state index in [1.165, 1.54) is 11.3 Å². The summed E-state index contributed by atoms with van der Waals surface area (Å²) in [5, 5.41) is 11.3. The minimum absolute atomic E-state index is 0.0679. The SMILES string of the molecule is O=C(O)Cc1csc(C2CCS(=O)(=O)CC2)n1. The van der Waals surface area contributed by atoms with E-state index in [0.717, 1.165) is 5.01 Å². The summed E-state index contributed by atoms with van der Waals surface area (Å²) >= 11 is 1.43. The third-order valence-corrected chi connectivity index (χ3v) is 5.58. The zero-order chi connectivity index (χ0) is 12.5. The van der Waals surface area contributed by atoms with Crippen LogP contribution in [0.4, 0.5) is 0 Å². The molecule has 1 aliphatic rings. The van der Waals surface area contributed by atoms with Crippen LogP contribution in [0.25, 0.3) is 0 Å². The summed E-state index contributed by atoms with van der Waals surface area (Å²) in [5.41, 5.74) is 0.561. The molecule has 7 heteroatoms. The molecule has 17 heavy (non-hydrogen) atoms. The second kappa shape index (κ2) is 4.73. The molecular formula is C10H13NO4S2. The van der Waals surface area contributed by atoms with E-state index in [9.17, 15) is 13.2 Å². The number of aliphatic carboxylic acids is 1. The van der Waals surface area contributed by atoms with E-state index in [-0.39, 0.29) is 23.8 Å². The van der Waals surface area contributed by atoms with Crippen molar-refractivity contribution in [1.29, 1.82) is 0 Å². The molecule has 0 amide bonds. The van der Waals surface area contributed by atoms with Crippen LogP contribution in [-0.2, 0) is 21.1 Å². The molecule has 5 nitrogen and oxygen atoms in total. The monoisotopic (exact) mass is 275 g/mol. The molecule has 0 atom stereocenters. The highest BCUT2D eigenvalue weighted by molar-refractivity contribution is 7.91. The van der Waals surface area contributed by atoms with Crippen molar-refractivity contribution in [3.63, 3.8) is 0 Å². The molecule has 0 aliphatic carbocycles. The summed E-state index contributed by atoms with van der Waals surface area (Å²) in [6.45, 7) is 0. The largest absolute Gasteiger partial charge is 0.481 e. The van der Waals surface area contributed by atoms with Crippen molar-refractivity contribution in [3.8, 4) is 0 Å². The zero-order valence-corrected chi connectivity index (χ0v) is 10.8. The summed E-state index contributed by atoms with van der Waals surface area (Å²) in [6.07, 6.45) is 1.13. The van der Waals surface area contributed by atoms with Gasteiger partial charge in [0.15, 0.2) is 0 Å². The number of thiazole rings is 1. The van der Waals surface area contributed by atoms with Crippen LogP contribution in [0, 0.1) is 0 Å². The molecule has 1 N–H and O–H groups in total. The number of nitrogens with zero attached hydrogens (tertiary/aromatic N) is 1. The highest BCUT2D eigenvalue weighted by Gasteiger charge is 2.26. The van der Waals surface area contributed by atoms with Crippen molar-refractivity contribution in [3.05, 3.63) is 16.1 Å². The van der Waals surface area contributed by atoms with Gasteiger partial charge in [-0.1, -0.05) is 0 Å². The lowest BCUT2D eigenvalue weighted by Gasteiger charge is -2.19. The van der Waals surface area contributed by atoms with Crippen molar-refractivity contribution in [2.45, 2.75) is 25.2 Å². The first kappa shape index (κ1) is 12.5. The number of sulfone groups is 1. The van der Waals surface area contributed by atoms with Crippen LogP contribution >= 0.6 is 11.3 Å². The van der Waals surface area contributed by atoms with Crippen molar-refractivity contribution in [2.75, 3.05) is 11.5 Å². The maximum absolute atomic E-state index is 11.3. The molecule has 1 saturated heterocycles. The van der Waals surface area contributed by atoms with Crippen molar-refractivity contribution >= 4 is 27.1 Å². The smallest absolute Gasteiger partial charge is 0.309 e. The van der Waals surface area contributed by atoms with Crippen molar-refractivity contribution in [2.24, 2.45) is 0 Å². The Labute approximate surface area is 103 Å². The number of aromatic nitrogens is 1. The Bertz CT molecular complexity index is 506. The molecule has 2 rings (SSSR count). The highest BCUT2D eigenvalue weighted by atomic mass is 32.2. The quantitative estimate of drug-likeness (QED) is 0.891. The Morgan fingerprint density at radius 2 is 2.12 bits per heavy atom. The maximum atomic E-state index is 11.3. The van der Waals surface area contributed by atoms with Crippen LogP contribution in [0.2, 0.25) is 0 Å². The number of hydrogen-bond donors (Lipinski definition) is 1. The topological polar surface area (TPSA) is 84.3 Å². The van der Waals surface area contributed by atoms with Gasteiger partial charge >= 0.3 is 5.97 Å². The molecule has 1 aromatic rings. The molecule has 1 fully saturated rings. The van der Waals surface area contributed by atoms with Crippen molar-refractivity contribution < 1.29 is 18.3 Å². The van der Waals surface area contributed by atoms with E-state index < -0.39 is 15.8 Å². The lowest BCUT2D eigenvalue weighted by atomic mass is 10.0. The van der Waals surface area contributed by atoms with Crippen LogP contribution in [0.15, 0.2) is 5.38 Å². The first-order valence-corrected chi connectivity index (χ1v) is 8.03. The van der Waals surface area contributed by atoms with Gasteiger partial charge in [0.2, 0.25) is 0 Å². The normalized spacial score (nSPS) is 20.2. The lowest BCUT2D eigenvalue weighted by molar-refractivity contribution is -0.136. The Hall–Kier alpha value is -0.950. The number of rotatable bonds is 3. The van der Waals surface area contributed by atoms with Crippen LogP contribution in [-0.4, -0.2) is 36.0 Å². The Balaban J connectivity index is 2.04. The van der Waals surface area contributed by atoms with Gasteiger partial charge in [0.1, 0.15) is 9.84 Å². The van der Waals surface area contributed by atoms with Crippen molar-refractivity contribution in [1.82, 2.24) is 4.98 Å². The number of carbonyl (C=O) groups is 1. The molecule has 0 saturated carbocycles. The number of hydrogen-bond acceptors (Lipinski definition) is 5. The standard InChI is InChI=1S/C10H13NO4S2/c12-9(13)5-8-6-16-10(11-8)7-1-3-17(14,15)4-2-7/h6-7H,1-5H2,(H,12,13). The second-order valence-corrected chi connectivity index (χ2v) is 7.37. The summed E-state index contributed by atoms with van der Waals surface area (Å²) < 4.78 is 22.6. The molecule has 0 spiro atoms. The molecule has 0 radical (unpaired) electrons. The number of carboxylic acid groups (broad SMARTS) is 1. The van der Waals surface area contributed by atoms with Gasteiger partial charge in [-0.15, -0.1) is 11.3 Å². The van der Waals surface area contributed by atoms with Crippen LogP contribution in [0.5, 0.6) is 0 Å². The Morgan fingerprint density at radius 1 is 1.47 bits per heavy atom. The summed E-state index contributed by atoms with van der Waals surface area (Å²) in [6, 6.07) is 0. The van der Waals surface area contributed by atoms with E-state index in [1.807, 2.05) is 0 Å². The van der Waals surface area contributed by atoms with Crippen LogP contribution in [0.1, 0.15) is 29.5 Å². The van der Waals surface area contributed by atoms with Gasteiger partial charge in [-0.25, -0.2) is 13.4 Å². The molecule has 0 bridgehead atoms. The highest BCUT2D eigenvalue weighted by Crippen LogP contribution is 2.31. The molecular weight excluding hydrogens is 262 g/mol. The fraction of sp³-hybridized carbons (Fsp3) is 0.600. The summed E-state index contributed by atoms with van der Waals surface area (Å²) in [4.78, 5) is 14.8. The van der Waals surface area contributed by atoms with E-state index in [0.29, 0.717) is 18.5 Å². The minimum atomic E-state index is -2.85. The van der Waals surface area contributed by atoms with Crippen LogP contribution < -0.4 is 0 Å². The molecule has 1 aromatic heterocycles. The van der Waals surface area contributed by atoms with E-state index >= 15 is 0 Å². The fourth-order valence-corrected chi connectivity index (χ4v) is 4.37. The second-order valence-electron chi connectivity index (χ2n) is 4.17. The van der Waals surface area contributed by atoms with Gasteiger partial charge in [-0.2, -0.15) is 0 Å². The average Bonchev–Trinajstić information content (AvgIpc) is 2.65. The number of carboxylic acids is 1. The molecule has 1 aliphatic heterocycles. The van der Waals surface area contributed by atoms with Gasteiger partial charge in [-0.3, -0.25) is 4.79 Å². The van der Waals surface area contributed by atoms with E-state index in [1.54, 1.807) is 5.38 Å². The predicted octanol–water partition coefficient (Wildman–Crippen LogP) is 1.06. The third kappa shape index (κ3) is 3.26. The maximum Gasteiger partial charge on any atom is 0.309 e. The molecule has 0 unspecified atom stereocenters. The van der Waals surface area contributed by atoms with Crippen LogP contribution in [0.3, 0.4) is 0 Å². The summed E-state index contributed by atoms with van der Waals surface area (Å²) in [7, 11) is -2.85. The first-order chi connectivity index (χ1) is 7.96.